The molecule has 2 aromatic carbocycles. The van der Waals surface area contributed by atoms with Gasteiger partial charge in [-0.2, -0.15) is 0 Å². The molecular weight excluding hydrogens is 292 g/mol. The van der Waals surface area contributed by atoms with E-state index in [0.29, 0.717) is 23.3 Å². The summed E-state index contributed by atoms with van der Waals surface area (Å²) in [5.74, 6) is 1.71. The van der Waals surface area contributed by atoms with E-state index < -0.39 is 0 Å². The summed E-state index contributed by atoms with van der Waals surface area (Å²) in [6.07, 6.45) is 0. The molecule has 0 unspecified atom stereocenters. The number of benzene rings is 2. The zero-order valence-corrected chi connectivity index (χ0v) is 12.1. The van der Waals surface area contributed by atoms with Crippen molar-refractivity contribution in [2.75, 3.05) is 9.80 Å². The minimum atomic E-state index is 0.364. The van der Waals surface area contributed by atoms with Crippen molar-refractivity contribution in [2.24, 2.45) is 11.5 Å². The Bertz CT molecular complexity index is 789. The SMILES string of the molecule is NC1=C(N)N(c2ccccc2)c2nonc2N1c1ccccc1. The first-order chi connectivity index (χ1) is 11.3. The molecule has 0 radical (unpaired) electrons. The number of para-hydroxylation sites is 2. The zero-order valence-electron chi connectivity index (χ0n) is 12.1. The van der Waals surface area contributed by atoms with Crippen molar-refractivity contribution in [2.45, 2.75) is 0 Å². The van der Waals surface area contributed by atoms with Gasteiger partial charge < -0.3 is 11.5 Å². The van der Waals surface area contributed by atoms with Gasteiger partial charge in [0.15, 0.2) is 11.6 Å². The Labute approximate surface area is 132 Å². The highest BCUT2D eigenvalue weighted by molar-refractivity contribution is 5.83. The topological polar surface area (TPSA) is 97.4 Å². The minimum absolute atomic E-state index is 0.364. The second kappa shape index (κ2) is 5.06. The van der Waals surface area contributed by atoms with E-state index in [1.807, 2.05) is 60.7 Å². The lowest BCUT2D eigenvalue weighted by Gasteiger charge is -2.34. The van der Waals surface area contributed by atoms with Crippen LogP contribution in [0.4, 0.5) is 23.0 Å². The highest BCUT2D eigenvalue weighted by Crippen LogP contribution is 2.42. The third-order valence-electron chi connectivity index (χ3n) is 3.65. The first kappa shape index (κ1) is 13.2. The van der Waals surface area contributed by atoms with Gasteiger partial charge in [-0.1, -0.05) is 36.4 Å². The predicted octanol–water partition coefficient (Wildman–Crippen LogP) is 2.40. The molecule has 0 saturated heterocycles. The molecule has 2 heterocycles. The van der Waals surface area contributed by atoms with E-state index in [1.54, 1.807) is 9.80 Å². The fourth-order valence-electron chi connectivity index (χ4n) is 2.60. The smallest absolute Gasteiger partial charge is 0.229 e. The van der Waals surface area contributed by atoms with E-state index in [9.17, 15) is 0 Å². The summed E-state index contributed by atoms with van der Waals surface area (Å²) in [4.78, 5) is 3.45. The van der Waals surface area contributed by atoms with Gasteiger partial charge in [0.05, 0.1) is 0 Å². The number of nitrogens with zero attached hydrogens (tertiary/aromatic N) is 4. The molecule has 0 bridgehead atoms. The molecule has 0 atom stereocenters. The number of aromatic nitrogens is 2. The van der Waals surface area contributed by atoms with Crippen molar-refractivity contribution in [1.29, 1.82) is 0 Å². The Balaban J connectivity index is 1.91. The maximum Gasteiger partial charge on any atom is 0.229 e. The Morgan fingerprint density at radius 3 is 1.43 bits per heavy atom. The van der Waals surface area contributed by atoms with Crippen LogP contribution in [0.25, 0.3) is 0 Å². The van der Waals surface area contributed by atoms with E-state index in [4.69, 9.17) is 16.1 Å². The number of hydrogen-bond acceptors (Lipinski definition) is 7. The van der Waals surface area contributed by atoms with Crippen LogP contribution in [0.2, 0.25) is 0 Å². The highest BCUT2D eigenvalue weighted by atomic mass is 16.6. The van der Waals surface area contributed by atoms with E-state index in [0.717, 1.165) is 11.4 Å². The summed E-state index contributed by atoms with van der Waals surface area (Å²) in [6, 6.07) is 19.2. The summed E-state index contributed by atoms with van der Waals surface area (Å²) in [5, 5.41) is 8.01. The van der Waals surface area contributed by atoms with Gasteiger partial charge in [-0.3, -0.25) is 9.80 Å². The van der Waals surface area contributed by atoms with Crippen molar-refractivity contribution in [3.8, 4) is 0 Å². The molecule has 1 aliphatic heterocycles. The number of fused-ring (bicyclic) bond motifs is 1. The lowest BCUT2D eigenvalue weighted by molar-refractivity contribution is 0.309. The maximum absolute atomic E-state index is 6.29. The fourth-order valence-corrected chi connectivity index (χ4v) is 2.60. The van der Waals surface area contributed by atoms with Gasteiger partial charge in [-0.25, -0.2) is 4.63 Å². The first-order valence-corrected chi connectivity index (χ1v) is 7.05. The summed E-state index contributed by atoms with van der Waals surface area (Å²) in [6.45, 7) is 0. The van der Waals surface area contributed by atoms with Crippen LogP contribution in [0.3, 0.4) is 0 Å². The van der Waals surface area contributed by atoms with Gasteiger partial charge in [0.2, 0.25) is 11.6 Å². The van der Waals surface area contributed by atoms with Gasteiger partial charge in [-0.05, 0) is 34.6 Å². The second-order valence-corrected chi connectivity index (χ2v) is 5.02. The van der Waals surface area contributed by atoms with Gasteiger partial charge in [0, 0.05) is 11.4 Å². The van der Waals surface area contributed by atoms with Crippen molar-refractivity contribution < 1.29 is 4.63 Å². The van der Waals surface area contributed by atoms with Crippen LogP contribution in [-0.4, -0.2) is 10.3 Å². The summed E-state index contributed by atoms with van der Waals surface area (Å²) >= 11 is 0. The van der Waals surface area contributed by atoms with E-state index in [-0.39, 0.29) is 0 Å². The van der Waals surface area contributed by atoms with Gasteiger partial charge in [-0.15, -0.1) is 0 Å². The quantitative estimate of drug-likeness (QED) is 0.750. The van der Waals surface area contributed by atoms with Crippen LogP contribution in [0.1, 0.15) is 0 Å². The standard InChI is InChI=1S/C16H14N6O/c17-13-14(18)22(12-9-5-2-6-10-12)16-15(19-23-20-16)21(13)11-7-3-1-4-8-11/h1-10H,17-18H2. The predicted molar refractivity (Wildman–Crippen MR) is 86.9 cm³/mol. The Kier molecular flexibility index (Phi) is 2.90. The lowest BCUT2D eigenvalue weighted by Crippen LogP contribution is -2.38. The van der Waals surface area contributed by atoms with Crippen LogP contribution < -0.4 is 21.3 Å². The van der Waals surface area contributed by atoms with Crippen LogP contribution in [-0.2, 0) is 0 Å². The van der Waals surface area contributed by atoms with Gasteiger partial charge in [0.25, 0.3) is 0 Å². The Morgan fingerprint density at radius 1 is 0.652 bits per heavy atom. The average Bonchev–Trinajstić information content (AvgIpc) is 3.06. The third-order valence-corrected chi connectivity index (χ3v) is 3.65. The van der Waals surface area contributed by atoms with Gasteiger partial charge in [0.1, 0.15) is 0 Å². The lowest BCUT2D eigenvalue weighted by atomic mass is 10.2. The molecule has 0 spiro atoms. The van der Waals surface area contributed by atoms with E-state index >= 15 is 0 Å². The third kappa shape index (κ3) is 1.98. The monoisotopic (exact) mass is 306 g/mol. The molecule has 7 nitrogen and oxygen atoms in total. The number of nitrogens with two attached hydrogens (primary N) is 2. The first-order valence-electron chi connectivity index (χ1n) is 7.05. The summed E-state index contributed by atoms with van der Waals surface area (Å²) in [7, 11) is 0. The second-order valence-electron chi connectivity index (χ2n) is 5.02. The Hall–Kier alpha value is -3.48. The molecule has 4 rings (SSSR count). The normalized spacial score (nSPS) is 14.1. The highest BCUT2D eigenvalue weighted by Gasteiger charge is 2.34. The molecule has 0 amide bonds. The molecule has 23 heavy (non-hydrogen) atoms. The molecule has 7 heteroatoms. The average molecular weight is 306 g/mol. The summed E-state index contributed by atoms with van der Waals surface area (Å²) in [5.41, 5.74) is 14.2. The molecule has 114 valence electrons. The number of hydrogen-bond donors (Lipinski definition) is 2. The van der Waals surface area contributed by atoms with Crippen molar-refractivity contribution in [3.05, 3.63) is 72.3 Å². The molecule has 0 aliphatic carbocycles. The van der Waals surface area contributed by atoms with Crippen molar-refractivity contribution in [3.63, 3.8) is 0 Å². The van der Waals surface area contributed by atoms with Crippen molar-refractivity contribution >= 4 is 23.0 Å². The van der Waals surface area contributed by atoms with Gasteiger partial charge >= 0.3 is 0 Å². The summed E-state index contributed by atoms with van der Waals surface area (Å²) < 4.78 is 4.95. The molecule has 0 fully saturated rings. The molecule has 4 N–H and O–H groups in total. The molecule has 0 saturated carbocycles. The largest absolute Gasteiger partial charge is 0.382 e. The van der Waals surface area contributed by atoms with Crippen LogP contribution >= 0.6 is 0 Å². The van der Waals surface area contributed by atoms with Crippen LogP contribution in [0.5, 0.6) is 0 Å². The van der Waals surface area contributed by atoms with Crippen molar-refractivity contribution in [1.82, 2.24) is 10.3 Å². The van der Waals surface area contributed by atoms with E-state index in [2.05, 4.69) is 10.3 Å². The molecule has 1 aliphatic rings. The minimum Gasteiger partial charge on any atom is -0.382 e. The molecule has 1 aromatic heterocycles. The maximum atomic E-state index is 6.29. The number of anilines is 4. The van der Waals surface area contributed by atoms with Crippen LogP contribution in [0, 0.1) is 0 Å². The zero-order chi connectivity index (χ0) is 15.8. The molecule has 3 aromatic rings. The number of rotatable bonds is 2. The Morgan fingerprint density at radius 2 is 1.04 bits per heavy atom. The fraction of sp³-hybridized carbons (Fsp3) is 0. The van der Waals surface area contributed by atoms with E-state index in [1.165, 1.54) is 0 Å². The molecular formula is C16H14N6O. The van der Waals surface area contributed by atoms with Crippen LogP contribution in [0.15, 0.2) is 76.9 Å².